The van der Waals surface area contributed by atoms with Crippen molar-refractivity contribution in [3.05, 3.63) is 58.5 Å². The molecule has 0 fully saturated rings. The van der Waals surface area contributed by atoms with Crippen molar-refractivity contribution >= 4 is 0 Å². The standard InChI is InChI=1S/C13H14FN3O.C2H6/c1-9(15-2)13-16-8-7-12(18)17(13)11-5-3-10(14)4-6-11;1-2/h3-9,15H,1-2H3;1-2H3. The summed E-state index contributed by atoms with van der Waals surface area (Å²) in [7, 11) is 1.79. The van der Waals surface area contributed by atoms with Gasteiger partial charge in [-0.2, -0.15) is 0 Å². The van der Waals surface area contributed by atoms with Crippen molar-refractivity contribution in [3.63, 3.8) is 0 Å². The van der Waals surface area contributed by atoms with Crippen LogP contribution in [0, 0.1) is 5.82 Å². The first-order valence-electron chi connectivity index (χ1n) is 6.64. The van der Waals surface area contributed by atoms with Gasteiger partial charge >= 0.3 is 0 Å². The third kappa shape index (κ3) is 3.51. The van der Waals surface area contributed by atoms with E-state index in [1.807, 2.05) is 20.8 Å². The van der Waals surface area contributed by atoms with Crippen LogP contribution in [0.15, 0.2) is 41.3 Å². The number of rotatable bonds is 3. The summed E-state index contributed by atoms with van der Waals surface area (Å²) in [4.78, 5) is 16.2. The van der Waals surface area contributed by atoms with E-state index in [0.29, 0.717) is 11.5 Å². The molecular weight excluding hydrogens is 257 g/mol. The second kappa shape index (κ2) is 7.55. The zero-order valence-electron chi connectivity index (χ0n) is 12.2. The minimum absolute atomic E-state index is 0.0797. The minimum atomic E-state index is -0.334. The van der Waals surface area contributed by atoms with E-state index in [9.17, 15) is 9.18 Å². The van der Waals surface area contributed by atoms with Crippen molar-refractivity contribution in [2.45, 2.75) is 26.8 Å². The van der Waals surface area contributed by atoms with Crippen molar-refractivity contribution in [1.29, 1.82) is 0 Å². The monoisotopic (exact) mass is 277 g/mol. The highest BCUT2D eigenvalue weighted by atomic mass is 19.1. The van der Waals surface area contributed by atoms with Gasteiger partial charge in [0.1, 0.15) is 11.6 Å². The van der Waals surface area contributed by atoms with Gasteiger partial charge in [-0.15, -0.1) is 0 Å². The Hall–Kier alpha value is -2.01. The molecule has 2 aromatic rings. The maximum atomic E-state index is 12.9. The van der Waals surface area contributed by atoms with E-state index in [-0.39, 0.29) is 17.4 Å². The molecule has 0 spiro atoms. The van der Waals surface area contributed by atoms with Gasteiger partial charge in [0.25, 0.3) is 5.56 Å². The summed E-state index contributed by atoms with van der Waals surface area (Å²) in [6, 6.07) is 7.07. The largest absolute Gasteiger partial charge is 0.311 e. The van der Waals surface area contributed by atoms with Gasteiger partial charge in [-0.3, -0.25) is 9.36 Å². The van der Waals surface area contributed by atoms with E-state index in [4.69, 9.17) is 0 Å². The van der Waals surface area contributed by atoms with Crippen molar-refractivity contribution in [3.8, 4) is 5.69 Å². The van der Waals surface area contributed by atoms with Crippen LogP contribution in [0.25, 0.3) is 5.69 Å². The molecule has 108 valence electrons. The lowest BCUT2D eigenvalue weighted by Crippen LogP contribution is -2.27. The molecule has 0 saturated carbocycles. The van der Waals surface area contributed by atoms with Crippen molar-refractivity contribution in [2.24, 2.45) is 0 Å². The van der Waals surface area contributed by atoms with Crippen LogP contribution >= 0.6 is 0 Å². The molecule has 2 rings (SSSR count). The zero-order valence-corrected chi connectivity index (χ0v) is 12.2. The second-order valence-electron chi connectivity index (χ2n) is 3.96. The Morgan fingerprint density at radius 1 is 1.20 bits per heavy atom. The van der Waals surface area contributed by atoms with E-state index < -0.39 is 0 Å². The molecule has 1 heterocycles. The number of hydrogen-bond donors (Lipinski definition) is 1. The van der Waals surface area contributed by atoms with Crippen LogP contribution in [0.1, 0.15) is 32.6 Å². The molecule has 5 heteroatoms. The SMILES string of the molecule is CC.CNC(C)c1nccc(=O)n1-c1ccc(F)cc1. The molecule has 4 nitrogen and oxygen atoms in total. The Balaban J connectivity index is 0.000000956. The Labute approximate surface area is 118 Å². The van der Waals surface area contributed by atoms with Gasteiger partial charge in [-0.25, -0.2) is 9.37 Å². The quantitative estimate of drug-likeness (QED) is 0.938. The van der Waals surface area contributed by atoms with E-state index >= 15 is 0 Å². The molecule has 1 N–H and O–H groups in total. The van der Waals surface area contributed by atoms with Gasteiger partial charge in [0.05, 0.1) is 11.7 Å². The average molecular weight is 277 g/mol. The van der Waals surface area contributed by atoms with Gasteiger partial charge in [0.15, 0.2) is 0 Å². The molecule has 1 atom stereocenters. The summed E-state index contributed by atoms with van der Waals surface area (Å²) >= 11 is 0. The van der Waals surface area contributed by atoms with Gasteiger partial charge in [-0.05, 0) is 38.2 Å². The van der Waals surface area contributed by atoms with E-state index in [2.05, 4.69) is 10.3 Å². The number of benzene rings is 1. The van der Waals surface area contributed by atoms with E-state index in [1.165, 1.54) is 29.0 Å². The lowest BCUT2D eigenvalue weighted by atomic mass is 10.2. The Morgan fingerprint density at radius 3 is 2.35 bits per heavy atom. The lowest BCUT2D eigenvalue weighted by Gasteiger charge is -2.16. The van der Waals surface area contributed by atoms with E-state index in [1.54, 1.807) is 19.2 Å². The number of halogens is 1. The highest BCUT2D eigenvalue weighted by molar-refractivity contribution is 5.33. The molecular formula is C15H20FN3O. The van der Waals surface area contributed by atoms with Gasteiger partial charge < -0.3 is 5.32 Å². The lowest BCUT2D eigenvalue weighted by molar-refractivity contribution is 0.583. The van der Waals surface area contributed by atoms with Crippen molar-refractivity contribution < 1.29 is 4.39 Å². The smallest absolute Gasteiger partial charge is 0.258 e. The maximum absolute atomic E-state index is 12.9. The predicted molar refractivity (Wildman–Crippen MR) is 78.6 cm³/mol. The molecule has 0 bridgehead atoms. The molecule has 1 aromatic heterocycles. The molecule has 0 aliphatic carbocycles. The fraction of sp³-hybridized carbons (Fsp3) is 0.333. The summed E-state index contributed by atoms with van der Waals surface area (Å²) in [5, 5.41) is 3.03. The second-order valence-corrected chi connectivity index (χ2v) is 3.96. The molecule has 0 radical (unpaired) electrons. The first kappa shape index (κ1) is 16.0. The number of nitrogens with one attached hydrogen (secondary N) is 1. The third-order valence-electron chi connectivity index (χ3n) is 2.78. The Kier molecular flexibility index (Phi) is 6.06. The molecule has 1 aromatic carbocycles. The normalized spacial score (nSPS) is 11.4. The minimum Gasteiger partial charge on any atom is -0.311 e. The maximum Gasteiger partial charge on any atom is 0.258 e. The van der Waals surface area contributed by atoms with Crippen LogP contribution in [0.3, 0.4) is 0 Å². The van der Waals surface area contributed by atoms with Crippen LogP contribution in [0.4, 0.5) is 4.39 Å². The van der Waals surface area contributed by atoms with Crippen LogP contribution in [-0.4, -0.2) is 16.6 Å². The highest BCUT2D eigenvalue weighted by Gasteiger charge is 2.12. The van der Waals surface area contributed by atoms with Crippen LogP contribution in [-0.2, 0) is 0 Å². The Bertz CT molecular complexity index is 593. The third-order valence-corrected chi connectivity index (χ3v) is 2.78. The number of nitrogens with zero attached hydrogens (tertiary/aromatic N) is 2. The molecule has 0 aliphatic rings. The van der Waals surface area contributed by atoms with E-state index in [0.717, 1.165) is 0 Å². The number of hydrogen-bond acceptors (Lipinski definition) is 3. The first-order chi connectivity index (χ1) is 9.63. The highest BCUT2D eigenvalue weighted by Crippen LogP contribution is 2.13. The fourth-order valence-electron chi connectivity index (χ4n) is 1.71. The van der Waals surface area contributed by atoms with Gasteiger partial charge in [0.2, 0.25) is 0 Å². The predicted octanol–water partition coefficient (Wildman–Crippen LogP) is 2.68. The van der Waals surface area contributed by atoms with Crippen molar-refractivity contribution in [2.75, 3.05) is 7.05 Å². The molecule has 0 saturated heterocycles. The van der Waals surface area contributed by atoms with Gasteiger partial charge in [-0.1, -0.05) is 13.8 Å². The average Bonchev–Trinajstić information content (AvgIpc) is 2.49. The van der Waals surface area contributed by atoms with Crippen LogP contribution in [0.5, 0.6) is 0 Å². The molecule has 20 heavy (non-hydrogen) atoms. The summed E-state index contributed by atoms with van der Waals surface area (Å²) in [5.74, 6) is 0.260. The summed E-state index contributed by atoms with van der Waals surface area (Å²) in [5.41, 5.74) is 0.417. The van der Waals surface area contributed by atoms with Crippen molar-refractivity contribution in [1.82, 2.24) is 14.9 Å². The van der Waals surface area contributed by atoms with Gasteiger partial charge in [0, 0.05) is 12.3 Å². The fourth-order valence-corrected chi connectivity index (χ4v) is 1.71. The topological polar surface area (TPSA) is 46.9 Å². The molecule has 0 amide bonds. The molecule has 1 unspecified atom stereocenters. The Morgan fingerprint density at radius 2 is 1.80 bits per heavy atom. The van der Waals surface area contributed by atoms with Crippen LogP contribution in [0.2, 0.25) is 0 Å². The molecule has 0 aliphatic heterocycles. The summed E-state index contributed by atoms with van der Waals surface area (Å²) in [6.45, 7) is 5.90. The zero-order chi connectivity index (χ0) is 15.1. The first-order valence-corrected chi connectivity index (χ1v) is 6.64. The summed E-state index contributed by atoms with van der Waals surface area (Å²) < 4.78 is 14.4. The number of aromatic nitrogens is 2. The summed E-state index contributed by atoms with van der Waals surface area (Å²) in [6.07, 6.45) is 1.48. The van der Waals surface area contributed by atoms with Crippen LogP contribution < -0.4 is 10.9 Å².